The van der Waals surface area contributed by atoms with Crippen LogP contribution in [0, 0.1) is 0 Å². The average Bonchev–Trinajstić information content (AvgIpc) is 2.99. The molecule has 0 aromatic heterocycles. The summed E-state index contributed by atoms with van der Waals surface area (Å²) in [7, 11) is -3.15. The zero-order valence-electron chi connectivity index (χ0n) is 8.34. The third-order valence-electron chi connectivity index (χ3n) is 2.47. The molecule has 1 aliphatic rings. The first-order chi connectivity index (χ1) is 6.98. The molecule has 0 saturated carbocycles. The highest BCUT2D eigenvalue weighted by atomic mass is 32.2. The summed E-state index contributed by atoms with van der Waals surface area (Å²) in [4.78, 5) is 0.280. The highest BCUT2D eigenvalue weighted by Crippen LogP contribution is 2.22. The monoisotopic (exact) mass is 227 g/mol. The summed E-state index contributed by atoms with van der Waals surface area (Å²) >= 11 is 0. The lowest BCUT2D eigenvalue weighted by Gasteiger charge is -2.08. The summed E-state index contributed by atoms with van der Waals surface area (Å²) in [5, 5.41) is 12.8. The Labute approximate surface area is 88.9 Å². The second-order valence-electron chi connectivity index (χ2n) is 3.80. The average molecular weight is 227 g/mol. The third kappa shape index (κ3) is 2.37. The highest BCUT2D eigenvalue weighted by molar-refractivity contribution is 7.90. The Balaban J connectivity index is 2.23. The second kappa shape index (κ2) is 3.59. The van der Waals surface area contributed by atoms with Gasteiger partial charge >= 0.3 is 0 Å². The van der Waals surface area contributed by atoms with Crippen molar-refractivity contribution in [2.24, 2.45) is 0 Å². The van der Waals surface area contributed by atoms with Gasteiger partial charge in [-0.05, 0) is 17.7 Å². The molecule has 0 spiro atoms. The molecule has 5 heteroatoms. The summed E-state index contributed by atoms with van der Waals surface area (Å²) < 4.78 is 22.4. The number of aliphatic hydroxyl groups is 1. The Hall–Kier alpha value is -0.910. The van der Waals surface area contributed by atoms with E-state index in [-0.39, 0.29) is 10.9 Å². The zero-order chi connectivity index (χ0) is 11.1. The maximum absolute atomic E-state index is 11.2. The van der Waals surface area contributed by atoms with Crippen LogP contribution in [0.1, 0.15) is 11.7 Å². The van der Waals surface area contributed by atoms with Crippen molar-refractivity contribution < 1.29 is 13.5 Å². The fourth-order valence-electron chi connectivity index (χ4n) is 1.44. The molecule has 2 rings (SSSR count). The summed E-state index contributed by atoms with van der Waals surface area (Å²) in [6, 6.07) is 6.48. The Kier molecular flexibility index (Phi) is 2.54. The van der Waals surface area contributed by atoms with Gasteiger partial charge in [0.25, 0.3) is 0 Å². The second-order valence-corrected chi connectivity index (χ2v) is 5.82. The molecule has 1 fully saturated rings. The molecule has 2 unspecified atom stereocenters. The van der Waals surface area contributed by atoms with Crippen molar-refractivity contribution in [2.75, 3.05) is 12.8 Å². The number of nitrogens with one attached hydrogen (secondary N) is 1. The molecule has 0 amide bonds. The number of hydrogen-bond acceptors (Lipinski definition) is 4. The molecule has 4 nitrogen and oxygen atoms in total. The van der Waals surface area contributed by atoms with Gasteiger partial charge in [0.2, 0.25) is 0 Å². The van der Waals surface area contributed by atoms with Gasteiger partial charge < -0.3 is 10.4 Å². The van der Waals surface area contributed by atoms with Crippen LogP contribution in [0.4, 0.5) is 0 Å². The van der Waals surface area contributed by atoms with Crippen LogP contribution >= 0.6 is 0 Å². The minimum atomic E-state index is -3.15. The van der Waals surface area contributed by atoms with E-state index in [1.165, 1.54) is 18.4 Å². The molecule has 2 N–H and O–H groups in total. The van der Waals surface area contributed by atoms with Gasteiger partial charge in [-0.3, -0.25) is 0 Å². The van der Waals surface area contributed by atoms with Gasteiger partial charge in [-0.15, -0.1) is 0 Å². The summed E-state index contributed by atoms with van der Waals surface area (Å²) in [5.41, 5.74) is 0.748. The number of rotatable bonds is 3. The minimum Gasteiger partial charge on any atom is -0.387 e. The van der Waals surface area contributed by atoms with Gasteiger partial charge in [-0.2, -0.15) is 0 Å². The number of sulfone groups is 1. The number of benzene rings is 1. The largest absolute Gasteiger partial charge is 0.387 e. The van der Waals surface area contributed by atoms with E-state index in [2.05, 4.69) is 5.32 Å². The van der Waals surface area contributed by atoms with Crippen molar-refractivity contribution >= 4 is 9.84 Å². The fourth-order valence-corrected chi connectivity index (χ4v) is 2.07. The third-order valence-corrected chi connectivity index (χ3v) is 3.60. The zero-order valence-corrected chi connectivity index (χ0v) is 9.16. The molecular formula is C10H13NO3S. The van der Waals surface area contributed by atoms with Crippen LogP contribution in [0.5, 0.6) is 0 Å². The Morgan fingerprint density at radius 1 is 1.40 bits per heavy atom. The van der Waals surface area contributed by atoms with E-state index in [4.69, 9.17) is 0 Å². The van der Waals surface area contributed by atoms with Crippen LogP contribution in [-0.2, 0) is 9.84 Å². The van der Waals surface area contributed by atoms with Crippen LogP contribution in [-0.4, -0.2) is 32.4 Å². The summed E-state index contributed by atoms with van der Waals surface area (Å²) in [6.07, 6.45) is 0.625. The van der Waals surface area contributed by atoms with E-state index in [0.29, 0.717) is 0 Å². The Morgan fingerprint density at radius 2 is 1.93 bits per heavy atom. The van der Waals surface area contributed by atoms with E-state index >= 15 is 0 Å². The summed E-state index contributed by atoms with van der Waals surface area (Å²) in [6.45, 7) is 0.814. The SMILES string of the molecule is CS(=O)(=O)c1ccc(C(O)C2CN2)cc1. The topological polar surface area (TPSA) is 76.3 Å². The normalized spacial score (nSPS) is 22.4. The molecule has 0 bridgehead atoms. The minimum absolute atomic E-state index is 0.120. The maximum Gasteiger partial charge on any atom is 0.175 e. The predicted octanol–water partition coefficient (Wildman–Crippen LogP) is 0.0953. The van der Waals surface area contributed by atoms with Gasteiger partial charge in [-0.25, -0.2) is 8.42 Å². The first-order valence-electron chi connectivity index (χ1n) is 4.70. The first kappa shape index (κ1) is 10.6. The van der Waals surface area contributed by atoms with Crippen LogP contribution in [0.25, 0.3) is 0 Å². The lowest BCUT2D eigenvalue weighted by Crippen LogP contribution is -2.08. The predicted molar refractivity (Wildman–Crippen MR) is 56.3 cm³/mol. The molecule has 2 atom stereocenters. The van der Waals surface area contributed by atoms with Gasteiger partial charge in [-0.1, -0.05) is 12.1 Å². The van der Waals surface area contributed by atoms with Crippen LogP contribution in [0.3, 0.4) is 0 Å². The van der Waals surface area contributed by atoms with Crippen LogP contribution in [0.2, 0.25) is 0 Å². The highest BCUT2D eigenvalue weighted by Gasteiger charge is 2.29. The van der Waals surface area contributed by atoms with Gasteiger partial charge in [0.1, 0.15) is 0 Å². The summed E-state index contributed by atoms with van der Waals surface area (Å²) in [5.74, 6) is 0. The maximum atomic E-state index is 11.2. The smallest absolute Gasteiger partial charge is 0.175 e. The van der Waals surface area contributed by atoms with E-state index in [9.17, 15) is 13.5 Å². The molecule has 1 aliphatic heterocycles. The Bertz CT molecular complexity index is 448. The molecule has 0 radical (unpaired) electrons. The van der Waals surface area contributed by atoms with E-state index in [0.717, 1.165) is 12.1 Å². The van der Waals surface area contributed by atoms with Crippen LogP contribution in [0.15, 0.2) is 29.2 Å². The van der Waals surface area contributed by atoms with Crippen molar-refractivity contribution in [3.8, 4) is 0 Å². The fraction of sp³-hybridized carbons (Fsp3) is 0.400. The van der Waals surface area contributed by atoms with Gasteiger partial charge in [0.05, 0.1) is 11.0 Å². The van der Waals surface area contributed by atoms with Crippen molar-refractivity contribution in [2.45, 2.75) is 17.0 Å². The Morgan fingerprint density at radius 3 is 2.33 bits per heavy atom. The van der Waals surface area contributed by atoms with Gasteiger partial charge in [0.15, 0.2) is 9.84 Å². The van der Waals surface area contributed by atoms with E-state index < -0.39 is 15.9 Å². The van der Waals surface area contributed by atoms with Crippen LogP contribution < -0.4 is 5.32 Å². The molecule has 15 heavy (non-hydrogen) atoms. The van der Waals surface area contributed by atoms with Gasteiger partial charge in [0, 0.05) is 18.8 Å². The van der Waals surface area contributed by atoms with Crippen molar-refractivity contribution in [1.82, 2.24) is 5.32 Å². The van der Waals surface area contributed by atoms with E-state index in [1.54, 1.807) is 12.1 Å². The molecule has 1 heterocycles. The molecular weight excluding hydrogens is 214 g/mol. The van der Waals surface area contributed by atoms with Crippen molar-refractivity contribution in [1.29, 1.82) is 0 Å². The molecule has 1 aromatic carbocycles. The standard InChI is InChI=1S/C10H13NO3S/c1-15(13,14)8-4-2-7(3-5-8)10(12)9-6-11-9/h2-5,9-12H,6H2,1H3. The first-order valence-corrected chi connectivity index (χ1v) is 6.59. The van der Waals surface area contributed by atoms with Crippen molar-refractivity contribution in [3.05, 3.63) is 29.8 Å². The number of hydrogen-bond donors (Lipinski definition) is 2. The quantitative estimate of drug-likeness (QED) is 0.718. The lowest BCUT2D eigenvalue weighted by molar-refractivity contribution is 0.176. The van der Waals surface area contributed by atoms with Crippen molar-refractivity contribution in [3.63, 3.8) is 0 Å². The molecule has 1 aromatic rings. The molecule has 0 aliphatic carbocycles. The molecule has 1 saturated heterocycles. The number of aliphatic hydroxyl groups excluding tert-OH is 1. The van der Waals surface area contributed by atoms with E-state index in [1.807, 2.05) is 0 Å². The lowest BCUT2D eigenvalue weighted by atomic mass is 10.1. The molecule has 82 valence electrons.